The van der Waals surface area contributed by atoms with Crippen LogP contribution in [0.25, 0.3) is 5.69 Å². The smallest absolute Gasteiger partial charge is 0.292 e. The van der Waals surface area contributed by atoms with Crippen LogP contribution in [0.3, 0.4) is 0 Å². The van der Waals surface area contributed by atoms with Crippen molar-refractivity contribution in [2.45, 2.75) is 20.4 Å². The molecule has 4 rings (SSSR count). The molecule has 6 heteroatoms. The molecule has 0 saturated carbocycles. The van der Waals surface area contributed by atoms with Crippen LogP contribution in [0.2, 0.25) is 5.02 Å². The fraction of sp³-hybridized carbons (Fsp3) is 0.304. The molecule has 1 N–H and O–H groups in total. The number of nitrogens with one attached hydrogen (secondary N) is 1. The van der Waals surface area contributed by atoms with Crippen LogP contribution in [0, 0.1) is 13.8 Å². The lowest BCUT2D eigenvalue weighted by molar-refractivity contribution is -0.914. The van der Waals surface area contributed by atoms with E-state index in [0.717, 1.165) is 38.4 Å². The van der Waals surface area contributed by atoms with E-state index in [2.05, 4.69) is 42.0 Å². The molecule has 0 bridgehead atoms. The summed E-state index contributed by atoms with van der Waals surface area (Å²) in [5.74, 6) is 0. The van der Waals surface area contributed by atoms with E-state index < -0.39 is 0 Å². The quantitative estimate of drug-likeness (QED) is 0.719. The molecule has 29 heavy (non-hydrogen) atoms. The van der Waals surface area contributed by atoms with Crippen molar-refractivity contribution in [1.29, 1.82) is 0 Å². The zero-order chi connectivity index (χ0) is 20.4. The van der Waals surface area contributed by atoms with E-state index in [4.69, 9.17) is 11.6 Å². The van der Waals surface area contributed by atoms with Crippen molar-refractivity contribution in [1.82, 2.24) is 9.78 Å². The highest BCUT2D eigenvalue weighted by atomic mass is 35.5. The van der Waals surface area contributed by atoms with Crippen LogP contribution in [-0.4, -0.2) is 36.0 Å². The van der Waals surface area contributed by atoms with Crippen LogP contribution >= 0.6 is 11.6 Å². The predicted molar refractivity (Wildman–Crippen MR) is 117 cm³/mol. The molecule has 1 aliphatic rings. The van der Waals surface area contributed by atoms with E-state index in [9.17, 15) is 4.79 Å². The summed E-state index contributed by atoms with van der Waals surface area (Å²) in [6.07, 6.45) is 1.71. The summed E-state index contributed by atoms with van der Waals surface area (Å²) in [5, 5.41) is 4.60. The van der Waals surface area contributed by atoms with Crippen molar-refractivity contribution in [3.63, 3.8) is 0 Å². The van der Waals surface area contributed by atoms with Gasteiger partial charge in [-0.05, 0) is 26.0 Å². The van der Waals surface area contributed by atoms with Crippen LogP contribution in [0.15, 0.2) is 59.5 Å². The van der Waals surface area contributed by atoms with Gasteiger partial charge < -0.3 is 9.80 Å². The maximum absolute atomic E-state index is 12.7. The lowest BCUT2D eigenvalue weighted by Crippen LogP contribution is -3.13. The second-order valence-corrected chi connectivity index (χ2v) is 8.18. The maximum atomic E-state index is 12.7. The Hall–Kier alpha value is -2.63. The number of hydrogen-bond acceptors (Lipinski definition) is 3. The van der Waals surface area contributed by atoms with Gasteiger partial charge in [0.1, 0.15) is 11.6 Å². The monoisotopic (exact) mass is 409 g/mol. The molecule has 150 valence electrons. The first-order valence-corrected chi connectivity index (χ1v) is 10.4. The SMILES string of the molecule is Cc1cc(C)cc(C[NH+]2CCN(c3cnn(-c4ccccc4)c(=O)c3Cl)CC2)c1. The molecular formula is C23H26ClN4O+. The Balaban J connectivity index is 1.46. The van der Waals surface area contributed by atoms with Gasteiger partial charge in [-0.1, -0.05) is 59.1 Å². The van der Waals surface area contributed by atoms with E-state index in [1.54, 1.807) is 11.1 Å². The molecular weight excluding hydrogens is 384 g/mol. The third-order valence-electron chi connectivity index (χ3n) is 5.45. The number of para-hydroxylation sites is 1. The molecule has 0 unspecified atom stereocenters. The molecule has 5 nitrogen and oxygen atoms in total. The van der Waals surface area contributed by atoms with Gasteiger partial charge in [-0.15, -0.1) is 0 Å². The first-order chi connectivity index (χ1) is 14.0. The minimum Gasteiger partial charge on any atom is -0.358 e. The second kappa shape index (κ2) is 8.39. The summed E-state index contributed by atoms with van der Waals surface area (Å²) in [5.41, 5.74) is 5.18. The molecule has 0 amide bonds. The van der Waals surface area contributed by atoms with Gasteiger partial charge in [0, 0.05) is 5.56 Å². The highest BCUT2D eigenvalue weighted by Crippen LogP contribution is 2.21. The number of nitrogens with zero attached hydrogens (tertiary/aromatic N) is 3. The van der Waals surface area contributed by atoms with Crippen molar-refractivity contribution >= 4 is 17.3 Å². The van der Waals surface area contributed by atoms with Gasteiger partial charge in [0.05, 0.1) is 43.8 Å². The van der Waals surface area contributed by atoms with Crippen LogP contribution < -0.4 is 15.4 Å². The van der Waals surface area contributed by atoms with Crippen LogP contribution in [0.4, 0.5) is 5.69 Å². The summed E-state index contributed by atoms with van der Waals surface area (Å²) in [6.45, 7) is 9.05. The zero-order valence-corrected chi connectivity index (χ0v) is 17.6. The summed E-state index contributed by atoms with van der Waals surface area (Å²) >= 11 is 6.46. The van der Waals surface area contributed by atoms with Crippen LogP contribution in [0.1, 0.15) is 16.7 Å². The van der Waals surface area contributed by atoms with Crippen molar-refractivity contribution in [2.75, 3.05) is 31.1 Å². The summed E-state index contributed by atoms with van der Waals surface area (Å²) in [6, 6.07) is 16.1. The van der Waals surface area contributed by atoms with Crippen molar-refractivity contribution in [2.24, 2.45) is 0 Å². The Morgan fingerprint density at radius 2 is 1.69 bits per heavy atom. The average Bonchev–Trinajstić information content (AvgIpc) is 2.71. The molecule has 0 atom stereocenters. The summed E-state index contributed by atoms with van der Waals surface area (Å²) < 4.78 is 1.35. The van der Waals surface area contributed by atoms with Crippen molar-refractivity contribution in [3.05, 3.63) is 86.8 Å². The highest BCUT2D eigenvalue weighted by molar-refractivity contribution is 6.33. The molecule has 2 heterocycles. The molecule has 1 aliphatic heterocycles. The molecule has 0 spiro atoms. The fourth-order valence-corrected chi connectivity index (χ4v) is 4.35. The van der Waals surface area contributed by atoms with E-state index in [-0.39, 0.29) is 10.6 Å². The molecule has 1 fully saturated rings. The van der Waals surface area contributed by atoms with Gasteiger partial charge in [0.25, 0.3) is 5.56 Å². The number of aryl methyl sites for hydroxylation is 2. The van der Waals surface area contributed by atoms with Gasteiger partial charge in [0.2, 0.25) is 0 Å². The highest BCUT2D eigenvalue weighted by Gasteiger charge is 2.24. The molecule has 1 aromatic heterocycles. The number of benzene rings is 2. The fourth-order valence-electron chi connectivity index (χ4n) is 4.10. The molecule has 1 saturated heterocycles. The summed E-state index contributed by atoms with van der Waals surface area (Å²) in [7, 11) is 0. The van der Waals surface area contributed by atoms with E-state index in [1.165, 1.54) is 21.4 Å². The Kier molecular flexibility index (Phi) is 5.69. The van der Waals surface area contributed by atoms with Gasteiger partial charge in [-0.3, -0.25) is 4.79 Å². The first-order valence-electron chi connectivity index (χ1n) is 10.0. The van der Waals surface area contributed by atoms with Gasteiger partial charge in [-0.2, -0.15) is 9.78 Å². The Labute approximate surface area is 176 Å². The van der Waals surface area contributed by atoms with Crippen molar-refractivity contribution < 1.29 is 4.90 Å². The van der Waals surface area contributed by atoms with E-state index in [0.29, 0.717) is 5.69 Å². The third-order valence-corrected chi connectivity index (χ3v) is 5.80. The number of quaternary nitrogens is 1. The standard InChI is InChI=1S/C23H25ClN4O/c1-17-12-18(2)14-19(13-17)16-26-8-10-27(11-9-26)21-15-25-28(23(29)22(21)24)20-6-4-3-5-7-20/h3-7,12-15H,8-11,16H2,1-2H3/p+1. The van der Waals surface area contributed by atoms with Crippen LogP contribution in [0.5, 0.6) is 0 Å². The number of aromatic nitrogens is 2. The normalized spacial score (nSPS) is 14.9. The zero-order valence-electron chi connectivity index (χ0n) is 16.9. The van der Waals surface area contributed by atoms with E-state index in [1.807, 2.05) is 30.3 Å². The molecule has 3 aromatic rings. The van der Waals surface area contributed by atoms with Gasteiger partial charge >= 0.3 is 0 Å². The van der Waals surface area contributed by atoms with E-state index >= 15 is 0 Å². The average molecular weight is 410 g/mol. The van der Waals surface area contributed by atoms with Gasteiger partial charge in [-0.25, -0.2) is 0 Å². The number of rotatable bonds is 4. The number of hydrogen-bond donors (Lipinski definition) is 1. The topological polar surface area (TPSA) is 42.6 Å². The van der Waals surface area contributed by atoms with Gasteiger partial charge in [0.15, 0.2) is 0 Å². The molecule has 0 aliphatic carbocycles. The minimum absolute atomic E-state index is 0.238. The third kappa shape index (κ3) is 4.36. The lowest BCUT2D eigenvalue weighted by Gasteiger charge is -2.34. The van der Waals surface area contributed by atoms with Crippen LogP contribution in [-0.2, 0) is 6.54 Å². The maximum Gasteiger partial charge on any atom is 0.292 e. The Bertz CT molecular complexity index is 1040. The number of halogens is 1. The number of anilines is 1. The Morgan fingerprint density at radius 3 is 2.34 bits per heavy atom. The number of piperazine rings is 1. The Morgan fingerprint density at radius 1 is 1.03 bits per heavy atom. The van der Waals surface area contributed by atoms with Crippen molar-refractivity contribution in [3.8, 4) is 5.69 Å². The molecule has 2 aromatic carbocycles. The second-order valence-electron chi connectivity index (χ2n) is 7.81. The summed E-state index contributed by atoms with van der Waals surface area (Å²) in [4.78, 5) is 16.5. The lowest BCUT2D eigenvalue weighted by atomic mass is 10.1. The predicted octanol–water partition coefficient (Wildman–Crippen LogP) is 2.41. The first kappa shape index (κ1) is 19.7. The minimum atomic E-state index is -0.277. The largest absolute Gasteiger partial charge is 0.358 e. The molecule has 0 radical (unpaired) electrons.